The second-order valence-corrected chi connectivity index (χ2v) is 17.9. The lowest BCUT2D eigenvalue weighted by atomic mass is 9.98. The zero-order valence-corrected chi connectivity index (χ0v) is 37.5. The Bertz CT molecular complexity index is 3020. The highest BCUT2D eigenvalue weighted by molar-refractivity contribution is 7.15. The minimum Gasteiger partial charge on any atom is -0.485 e. The number of hydrogen-bond acceptors (Lipinski definition) is 13. The maximum absolute atomic E-state index is 13.6. The van der Waals surface area contributed by atoms with Gasteiger partial charge in [-0.15, -0.1) is 21.5 Å². The Balaban J connectivity index is 0.780. The SMILES string of the molecule is Cc1ccc(C2=N[C@@H](CC(=O)CCc3ccc(N=Nc4ccc(CC(=O)COc5cccc6c5C(=O)N(C5CCC(=O)NC5=O)C6=O)cc4)cc3)c3nnc(C)n3-c3sc(C)c(C)c32)cc1. The predicted molar refractivity (Wildman–Crippen MR) is 245 cm³/mol. The van der Waals surface area contributed by atoms with Crippen LogP contribution in [0.15, 0.2) is 106 Å². The number of Topliss-reactive ketones (excluding diaryl/α,β-unsaturated/α-hetero) is 2. The first kappa shape index (κ1) is 43.7. The molecule has 0 saturated carbocycles. The van der Waals surface area contributed by atoms with E-state index < -0.39 is 35.7 Å². The third-order valence-electron chi connectivity index (χ3n) is 12.1. The maximum atomic E-state index is 13.6. The van der Waals surface area contributed by atoms with Crippen LogP contribution in [0.1, 0.15) is 102 Å². The standard InChI is InChI=1S/C50H44N8O7S/c1-27-8-15-33(16-9-27)45-43-28(2)29(3)66-50(43)57-30(4)53-56-46(57)39(51-45)25-36(59)21-14-31-10-17-34(18-11-31)54-55-35-19-12-32(13-20-35)24-37(60)26-65-41-7-5-6-38-44(41)49(64)58(48(38)63)40-22-23-42(61)52-47(40)62/h5-13,15-20,39-40H,14,21-26H2,1-4H3,(H,52,61,62)/t39-,40?/m0/s1. The summed E-state index contributed by atoms with van der Waals surface area (Å²) in [6, 6.07) is 25.8. The van der Waals surface area contributed by atoms with Gasteiger partial charge in [0.2, 0.25) is 11.8 Å². The van der Waals surface area contributed by atoms with Gasteiger partial charge in [-0.3, -0.25) is 48.5 Å². The molecule has 0 bridgehead atoms. The number of amides is 4. The van der Waals surface area contributed by atoms with Gasteiger partial charge < -0.3 is 4.74 Å². The van der Waals surface area contributed by atoms with Crippen molar-refractivity contribution in [1.82, 2.24) is 25.0 Å². The number of aromatic nitrogens is 3. The fraction of sp³-hybridized carbons (Fsp3) is 0.260. The van der Waals surface area contributed by atoms with Crippen LogP contribution in [-0.4, -0.2) is 73.2 Å². The molecule has 16 heteroatoms. The Morgan fingerprint density at radius 2 is 1.50 bits per heavy atom. The number of thiophene rings is 1. The van der Waals surface area contributed by atoms with Crippen molar-refractivity contribution < 1.29 is 33.5 Å². The molecule has 1 saturated heterocycles. The second kappa shape index (κ2) is 18.1. The molecule has 0 aliphatic carbocycles. The van der Waals surface area contributed by atoms with Crippen molar-refractivity contribution in [2.75, 3.05) is 6.61 Å². The monoisotopic (exact) mass is 900 g/mol. The van der Waals surface area contributed by atoms with Crippen LogP contribution >= 0.6 is 11.3 Å². The highest BCUT2D eigenvalue weighted by Crippen LogP contribution is 2.40. The number of ketones is 2. The van der Waals surface area contributed by atoms with Gasteiger partial charge in [0.1, 0.15) is 41.0 Å². The van der Waals surface area contributed by atoms with Crippen molar-refractivity contribution >= 4 is 63.6 Å². The van der Waals surface area contributed by atoms with Gasteiger partial charge in [0.15, 0.2) is 11.6 Å². The Hall–Kier alpha value is -7.59. The van der Waals surface area contributed by atoms with E-state index in [0.29, 0.717) is 35.6 Å². The summed E-state index contributed by atoms with van der Waals surface area (Å²) in [6.45, 7) is 7.87. The van der Waals surface area contributed by atoms with Gasteiger partial charge >= 0.3 is 0 Å². The molecule has 332 valence electrons. The zero-order valence-electron chi connectivity index (χ0n) is 36.7. The number of carbonyl (C=O) groups is 6. The van der Waals surface area contributed by atoms with Crippen molar-refractivity contribution in [3.05, 3.63) is 152 Å². The first-order valence-electron chi connectivity index (χ1n) is 21.6. The predicted octanol–water partition coefficient (Wildman–Crippen LogP) is 8.05. The Morgan fingerprint density at radius 1 is 0.803 bits per heavy atom. The largest absolute Gasteiger partial charge is 0.485 e. The van der Waals surface area contributed by atoms with Crippen molar-refractivity contribution in [1.29, 1.82) is 0 Å². The molecule has 1 fully saturated rings. The average molecular weight is 901 g/mol. The number of rotatable bonds is 14. The van der Waals surface area contributed by atoms with E-state index in [4.69, 9.17) is 9.73 Å². The van der Waals surface area contributed by atoms with Gasteiger partial charge in [0.05, 0.1) is 28.2 Å². The van der Waals surface area contributed by atoms with Crippen LogP contribution in [0.5, 0.6) is 5.75 Å². The number of azo groups is 1. The molecule has 66 heavy (non-hydrogen) atoms. The number of hydrogen-bond donors (Lipinski definition) is 1. The summed E-state index contributed by atoms with van der Waals surface area (Å²) in [5, 5.41) is 20.9. The van der Waals surface area contributed by atoms with Crippen LogP contribution in [0.2, 0.25) is 0 Å². The Kier molecular flexibility index (Phi) is 12.0. The summed E-state index contributed by atoms with van der Waals surface area (Å²) in [5.41, 5.74) is 8.21. The third kappa shape index (κ3) is 8.66. The second-order valence-electron chi connectivity index (χ2n) is 16.7. The number of imide groups is 2. The first-order valence-corrected chi connectivity index (χ1v) is 22.4. The highest BCUT2D eigenvalue weighted by Gasteiger charge is 2.46. The third-order valence-corrected chi connectivity index (χ3v) is 13.2. The number of benzene rings is 4. The number of nitrogens with zero attached hydrogens (tertiary/aromatic N) is 7. The van der Waals surface area contributed by atoms with E-state index in [1.54, 1.807) is 35.6 Å². The summed E-state index contributed by atoms with van der Waals surface area (Å²) in [6.07, 6.45) is 1.16. The lowest BCUT2D eigenvalue weighted by Gasteiger charge is -2.27. The number of carbonyl (C=O) groups excluding carboxylic acids is 6. The topological polar surface area (TPSA) is 195 Å². The fourth-order valence-electron chi connectivity index (χ4n) is 8.40. The van der Waals surface area contributed by atoms with E-state index in [1.165, 1.54) is 23.1 Å². The number of ether oxygens (including phenoxy) is 1. The molecule has 2 aromatic heterocycles. The van der Waals surface area contributed by atoms with Gasteiger partial charge in [0.25, 0.3) is 11.8 Å². The van der Waals surface area contributed by atoms with Crippen LogP contribution < -0.4 is 10.1 Å². The maximum Gasteiger partial charge on any atom is 0.266 e. The molecule has 5 heterocycles. The fourth-order valence-corrected chi connectivity index (χ4v) is 9.62. The van der Waals surface area contributed by atoms with Crippen molar-refractivity contribution in [2.24, 2.45) is 15.2 Å². The molecule has 9 rings (SSSR count). The van der Waals surface area contributed by atoms with Crippen molar-refractivity contribution in [2.45, 2.75) is 78.3 Å². The molecule has 0 spiro atoms. The number of piperidine rings is 1. The number of aryl methyl sites for hydroxylation is 4. The molecule has 6 aromatic rings. The van der Waals surface area contributed by atoms with E-state index in [-0.39, 0.29) is 60.7 Å². The Labute approximate surface area is 383 Å². The molecule has 0 radical (unpaired) electrons. The van der Waals surface area contributed by atoms with Crippen LogP contribution in [0.4, 0.5) is 11.4 Å². The van der Waals surface area contributed by atoms with Gasteiger partial charge in [-0.2, -0.15) is 10.2 Å². The number of fused-ring (bicyclic) bond motifs is 4. The first-order chi connectivity index (χ1) is 31.8. The average Bonchev–Trinajstić information content (AvgIpc) is 3.89. The molecule has 1 unspecified atom stereocenters. The molecule has 2 atom stereocenters. The molecular weight excluding hydrogens is 857 g/mol. The van der Waals surface area contributed by atoms with Gasteiger partial charge in [-0.1, -0.05) is 60.2 Å². The molecular formula is C50H44N8O7S. The van der Waals surface area contributed by atoms with Gasteiger partial charge in [-0.25, -0.2) is 0 Å². The number of nitrogens with one attached hydrogen (secondary N) is 1. The normalized spacial score (nSPS) is 16.7. The molecule has 3 aliphatic heterocycles. The van der Waals surface area contributed by atoms with E-state index >= 15 is 0 Å². The minimum atomic E-state index is -1.11. The molecule has 3 aliphatic rings. The van der Waals surface area contributed by atoms with E-state index in [9.17, 15) is 28.8 Å². The van der Waals surface area contributed by atoms with Crippen LogP contribution in [-0.2, 0) is 32.0 Å². The number of aliphatic imine (C=N–C) groups is 1. The van der Waals surface area contributed by atoms with Crippen molar-refractivity contribution in [3.8, 4) is 10.8 Å². The highest BCUT2D eigenvalue weighted by atomic mass is 32.1. The molecule has 15 nitrogen and oxygen atoms in total. The van der Waals surface area contributed by atoms with E-state index in [0.717, 1.165) is 49.3 Å². The summed E-state index contributed by atoms with van der Waals surface area (Å²) >= 11 is 1.69. The Morgan fingerprint density at radius 3 is 2.20 bits per heavy atom. The van der Waals surface area contributed by atoms with E-state index in [2.05, 4.69) is 75.3 Å². The smallest absolute Gasteiger partial charge is 0.266 e. The summed E-state index contributed by atoms with van der Waals surface area (Å²) in [5.74, 6) is -1.25. The lowest BCUT2D eigenvalue weighted by molar-refractivity contribution is -0.136. The summed E-state index contributed by atoms with van der Waals surface area (Å²) in [7, 11) is 0. The lowest BCUT2D eigenvalue weighted by Crippen LogP contribution is -2.54. The van der Waals surface area contributed by atoms with Gasteiger partial charge in [-0.05, 0) is 93.6 Å². The summed E-state index contributed by atoms with van der Waals surface area (Å²) < 4.78 is 7.82. The van der Waals surface area contributed by atoms with Crippen LogP contribution in [0.25, 0.3) is 5.00 Å². The zero-order chi connectivity index (χ0) is 46.2. The minimum absolute atomic E-state index is 0.00555. The van der Waals surface area contributed by atoms with Crippen LogP contribution in [0, 0.1) is 27.7 Å². The van der Waals surface area contributed by atoms with Crippen LogP contribution in [0.3, 0.4) is 0 Å². The van der Waals surface area contributed by atoms with E-state index in [1.807, 2.05) is 31.2 Å². The molecule has 4 amide bonds. The molecule has 1 N–H and O–H groups in total. The quantitative estimate of drug-likeness (QED) is 0.0831. The molecule has 4 aromatic carbocycles. The summed E-state index contributed by atoms with van der Waals surface area (Å²) in [4.78, 5) is 84.4. The van der Waals surface area contributed by atoms with Gasteiger partial charge in [0, 0.05) is 41.7 Å². The van der Waals surface area contributed by atoms with Crippen molar-refractivity contribution in [3.63, 3.8) is 0 Å².